The summed E-state index contributed by atoms with van der Waals surface area (Å²) in [6.45, 7) is 0.0764. The van der Waals surface area contributed by atoms with Crippen LogP contribution in [0, 0.1) is 3.70 Å². The van der Waals surface area contributed by atoms with Crippen molar-refractivity contribution in [3.05, 3.63) is 15.7 Å². The molecule has 4 aliphatic rings. The summed E-state index contributed by atoms with van der Waals surface area (Å²) in [6, 6.07) is 0. The summed E-state index contributed by atoms with van der Waals surface area (Å²) in [7, 11) is 0. The number of rotatable bonds is 5. The van der Waals surface area contributed by atoms with E-state index in [2.05, 4.69) is 43.7 Å². The lowest BCUT2D eigenvalue weighted by Gasteiger charge is -2.71. The summed E-state index contributed by atoms with van der Waals surface area (Å²) in [5.41, 5.74) is 0.328. The average Bonchev–Trinajstić information content (AvgIpc) is 2.99. The normalized spacial score (nSPS) is 35.6. The molecule has 0 atom stereocenters. The molecule has 4 aliphatic carbocycles. The number of aliphatic carboxylic acids is 1. The summed E-state index contributed by atoms with van der Waals surface area (Å²) in [4.78, 5) is 15.3. The Balaban J connectivity index is 1.50. The molecule has 6 heteroatoms. The van der Waals surface area contributed by atoms with Crippen molar-refractivity contribution in [2.24, 2.45) is 0 Å². The van der Waals surface area contributed by atoms with E-state index in [0.717, 1.165) is 23.0 Å². The van der Waals surface area contributed by atoms with E-state index in [4.69, 9.17) is 5.11 Å². The van der Waals surface area contributed by atoms with Crippen molar-refractivity contribution >= 4 is 28.6 Å². The topological polar surface area (TPSA) is 67.2 Å². The van der Waals surface area contributed by atoms with Gasteiger partial charge in [-0.1, -0.05) is 0 Å². The fourth-order valence-electron chi connectivity index (χ4n) is 3.81. The Morgan fingerprint density at radius 2 is 2.21 bits per heavy atom. The molecule has 0 aromatic carbocycles. The molecule has 19 heavy (non-hydrogen) atoms. The summed E-state index contributed by atoms with van der Waals surface area (Å²) in [5.74, 6) is 1.16. The third-order valence-electron chi connectivity index (χ3n) is 4.77. The van der Waals surface area contributed by atoms with Gasteiger partial charge in [0.05, 0.1) is 12.1 Å². The van der Waals surface area contributed by atoms with Crippen LogP contribution in [0.1, 0.15) is 43.8 Å². The number of carboxylic acid groups (broad SMARTS) is 1. The highest BCUT2D eigenvalue weighted by molar-refractivity contribution is 14.1. The second-order valence-corrected chi connectivity index (χ2v) is 7.45. The summed E-state index contributed by atoms with van der Waals surface area (Å²) in [6.07, 6.45) is 7.88. The van der Waals surface area contributed by atoms with Gasteiger partial charge in [-0.05, 0) is 54.7 Å². The number of carboxylic acids is 1. The summed E-state index contributed by atoms with van der Waals surface area (Å²) in [5, 5.41) is 11.9. The van der Waals surface area contributed by atoms with E-state index in [9.17, 15) is 4.79 Å². The Kier molecular flexibility index (Phi) is 2.38. The number of carbonyl (C=O) groups is 1. The quantitative estimate of drug-likeness (QED) is 0.771. The van der Waals surface area contributed by atoms with Gasteiger partial charge in [-0.25, -0.2) is 4.98 Å². The maximum atomic E-state index is 10.6. The van der Waals surface area contributed by atoms with Crippen LogP contribution < -0.4 is 5.32 Å². The molecule has 0 aliphatic heterocycles. The van der Waals surface area contributed by atoms with Gasteiger partial charge in [0.1, 0.15) is 9.53 Å². The number of nitrogens with zero attached hydrogens (tertiary/aromatic N) is 2. The van der Waals surface area contributed by atoms with Crippen LogP contribution >= 0.6 is 22.6 Å². The van der Waals surface area contributed by atoms with Crippen molar-refractivity contribution in [2.45, 2.75) is 49.1 Å². The van der Waals surface area contributed by atoms with Crippen LogP contribution in [0.3, 0.4) is 0 Å². The first-order valence-electron chi connectivity index (χ1n) is 6.74. The monoisotopic (exact) mass is 373 g/mol. The lowest BCUT2D eigenvalue weighted by molar-refractivity contribution is -0.151. The molecule has 1 aromatic rings. The van der Waals surface area contributed by atoms with Crippen molar-refractivity contribution in [1.82, 2.24) is 14.9 Å². The van der Waals surface area contributed by atoms with Crippen LogP contribution in [0.5, 0.6) is 0 Å². The number of imidazole rings is 1. The molecule has 1 heterocycles. The number of hydrogen-bond acceptors (Lipinski definition) is 3. The van der Waals surface area contributed by atoms with Crippen molar-refractivity contribution in [2.75, 3.05) is 6.54 Å². The van der Waals surface area contributed by atoms with Gasteiger partial charge >= 0.3 is 5.97 Å². The first-order chi connectivity index (χ1) is 9.02. The van der Waals surface area contributed by atoms with E-state index in [0.29, 0.717) is 5.92 Å². The molecular weight excluding hydrogens is 357 g/mol. The highest BCUT2D eigenvalue weighted by Crippen LogP contribution is 2.66. The summed E-state index contributed by atoms with van der Waals surface area (Å²) >= 11 is 2.29. The highest BCUT2D eigenvalue weighted by Gasteiger charge is 2.69. The second kappa shape index (κ2) is 3.72. The Morgan fingerprint density at radius 3 is 2.79 bits per heavy atom. The highest BCUT2D eigenvalue weighted by atomic mass is 127. The molecule has 1 aromatic heterocycles. The zero-order valence-electron chi connectivity index (χ0n) is 10.5. The maximum absolute atomic E-state index is 10.6. The number of hydrogen-bond donors (Lipinski definition) is 2. The minimum absolute atomic E-state index is 0.0764. The second-order valence-electron chi connectivity index (χ2n) is 6.35. The first kappa shape index (κ1) is 12.1. The standard InChI is InChI=1S/C13H16IN3O2/c14-9-4-17(11(16-9)8-1-2-8)13-5-12(6-13,7-13)15-3-10(18)19/h4,8,15H,1-3,5-7H2,(H,18,19). The van der Waals surface area contributed by atoms with Crippen LogP contribution in [0.25, 0.3) is 0 Å². The van der Waals surface area contributed by atoms with Gasteiger partial charge in [0.15, 0.2) is 0 Å². The Labute approximate surface area is 124 Å². The van der Waals surface area contributed by atoms with Crippen LogP contribution in [-0.2, 0) is 10.3 Å². The molecule has 0 saturated heterocycles. The maximum Gasteiger partial charge on any atom is 0.317 e. The zero-order valence-corrected chi connectivity index (χ0v) is 12.7. The minimum atomic E-state index is -0.769. The van der Waals surface area contributed by atoms with E-state index >= 15 is 0 Å². The molecule has 2 bridgehead atoms. The van der Waals surface area contributed by atoms with Gasteiger partial charge in [-0.15, -0.1) is 0 Å². The molecule has 5 rings (SSSR count). The van der Waals surface area contributed by atoms with E-state index in [1.54, 1.807) is 0 Å². The Morgan fingerprint density at radius 1 is 1.53 bits per heavy atom. The molecular formula is C13H16IN3O2. The van der Waals surface area contributed by atoms with Gasteiger partial charge < -0.3 is 15.0 Å². The van der Waals surface area contributed by atoms with Gasteiger partial charge in [-0.3, -0.25) is 4.79 Å². The molecule has 0 amide bonds. The molecule has 2 N–H and O–H groups in total. The lowest BCUT2D eigenvalue weighted by Crippen LogP contribution is -2.78. The van der Waals surface area contributed by atoms with E-state index in [1.807, 2.05) is 0 Å². The molecule has 0 radical (unpaired) electrons. The fraction of sp³-hybridized carbons (Fsp3) is 0.692. The third-order valence-corrected chi connectivity index (χ3v) is 5.29. The van der Waals surface area contributed by atoms with Gasteiger partial charge in [0, 0.05) is 17.7 Å². The number of aromatic nitrogens is 2. The minimum Gasteiger partial charge on any atom is -0.480 e. The molecule has 4 saturated carbocycles. The summed E-state index contributed by atoms with van der Waals surface area (Å²) < 4.78 is 3.48. The smallest absolute Gasteiger partial charge is 0.317 e. The van der Waals surface area contributed by atoms with Crippen LogP contribution in [0.2, 0.25) is 0 Å². The van der Waals surface area contributed by atoms with E-state index in [1.165, 1.54) is 18.7 Å². The zero-order chi connectivity index (χ0) is 13.3. The SMILES string of the molecule is O=C(O)CNC12CC(n3cc(I)nc3C3CC3)(C1)C2. The molecule has 0 unspecified atom stereocenters. The van der Waals surface area contributed by atoms with Crippen LogP contribution in [0.4, 0.5) is 0 Å². The van der Waals surface area contributed by atoms with Crippen molar-refractivity contribution in [1.29, 1.82) is 0 Å². The first-order valence-corrected chi connectivity index (χ1v) is 7.82. The van der Waals surface area contributed by atoms with Crippen molar-refractivity contribution < 1.29 is 9.90 Å². The van der Waals surface area contributed by atoms with E-state index in [-0.39, 0.29) is 17.6 Å². The molecule has 0 spiro atoms. The molecule has 4 fully saturated rings. The Bertz CT molecular complexity index is 544. The van der Waals surface area contributed by atoms with Gasteiger partial charge in [0.2, 0.25) is 0 Å². The molecule has 102 valence electrons. The fourth-order valence-corrected chi connectivity index (χ4v) is 4.34. The van der Waals surface area contributed by atoms with Crippen molar-refractivity contribution in [3.8, 4) is 0 Å². The van der Waals surface area contributed by atoms with Gasteiger partial charge in [0.25, 0.3) is 0 Å². The molecule has 5 nitrogen and oxygen atoms in total. The predicted octanol–water partition coefficient (Wildman–Crippen LogP) is 1.67. The predicted molar refractivity (Wildman–Crippen MR) is 77.1 cm³/mol. The van der Waals surface area contributed by atoms with Crippen molar-refractivity contribution in [3.63, 3.8) is 0 Å². The largest absolute Gasteiger partial charge is 0.480 e. The number of halogens is 1. The third kappa shape index (κ3) is 1.75. The lowest BCUT2D eigenvalue weighted by atomic mass is 9.44. The van der Waals surface area contributed by atoms with Crippen LogP contribution in [-0.4, -0.2) is 32.7 Å². The van der Waals surface area contributed by atoms with Crippen LogP contribution in [0.15, 0.2) is 6.20 Å². The number of nitrogens with one attached hydrogen (secondary N) is 1. The van der Waals surface area contributed by atoms with E-state index < -0.39 is 5.97 Å². The average molecular weight is 373 g/mol. The Hall–Kier alpha value is -0.630. The van der Waals surface area contributed by atoms with Gasteiger partial charge in [-0.2, -0.15) is 0 Å².